The molecule has 0 bridgehead atoms. The van der Waals surface area contributed by atoms with Gasteiger partial charge in [0.15, 0.2) is 0 Å². The fourth-order valence-corrected chi connectivity index (χ4v) is 2.38. The Balaban J connectivity index is 1.61. The Morgan fingerprint density at radius 1 is 0.923 bits per heavy atom. The van der Waals surface area contributed by atoms with Crippen molar-refractivity contribution in [3.8, 4) is 17.1 Å². The van der Waals surface area contributed by atoms with Gasteiger partial charge in [0.1, 0.15) is 0 Å². The van der Waals surface area contributed by atoms with Gasteiger partial charge < -0.3 is 15.4 Å². The van der Waals surface area contributed by atoms with Crippen LogP contribution in [0.15, 0.2) is 60.7 Å². The quantitative estimate of drug-likeness (QED) is 0.675. The molecule has 0 atom stereocenters. The molecule has 26 heavy (non-hydrogen) atoms. The number of hydrogen-bond acceptors (Lipinski definition) is 4. The molecule has 0 fully saturated rings. The maximum atomic E-state index is 12.0. The molecule has 2 amide bonds. The number of halogens is 1. The van der Waals surface area contributed by atoms with E-state index in [9.17, 15) is 4.79 Å². The fourth-order valence-electron chi connectivity index (χ4n) is 2.25. The molecule has 2 N–H and O–H groups in total. The van der Waals surface area contributed by atoms with E-state index in [0.29, 0.717) is 28.9 Å². The molecule has 3 rings (SSSR count). The van der Waals surface area contributed by atoms with E-state index in [0.717, 1.165) is 11.3 Å². The second kappa shape index (κ2) is 8.31. The van der Waals surface area contributed by atoms with Crippen LogP contribution in [0.25, 0.3) is 11.3 Å². The van der Waals surface area contributed by atoms with Crippen LogP contribution in [0.5, 0.6) is 5.88 Å². The largest absolute Gasteiger partial charge is 0.477 e. The predicted octanol–water partition coefficient (Wildman–Crippen LogP) is 4.84. The molecule has 0 radical (unpaired) electrons. The lowest BCUT2D eigenvalue weighted by atomic mass is 10.1. The Hall–Kier alpha value is -3.12. The second-order valence-electron chi connectivity index (χ2n) is 5.35. The SMILES string of the molecule is CCOc1ccc(-c2ccc(NC(=O)Nc3ccc(Cl)cc3)cc2)nn1. The van der Waals surface area contributed by atoms with Crippen molar-refractivity contribution in [2.45, 2.75) is 6.92 Å². The first kappa shape index (κ1) is 17.7. The van der Waals surface area contributed by atoms with Gasteiger partial charge >= 0.3 is 6.03 Å². The molecule has 2 aromatic carbocycles. The average molecular weight is 369 g/mol. The van der Waals surface area contributed by atoms with Crippen LogP contribution in [0.1, 0.15) is 6.92 Å². The third kappa shape index (κ3) is 4.70. The van der Waals surface area contributed by atoms with Crippen LogP contribution in [-0.2, 0) is 0 Å². The Morgan fingerprint density at radius 2 is 1.54 bits per heavy atom. The monoisotopic (exact) mass is 368 g/mol. The number of carbonyl (C=O) groups excluding carboxylic acids is 1. The Kier molecular flexibility index (Phi) is 5.66. The van der Waals surface area contributed by atoms with Crippen molar-refractivity contribution in [2.24, 2.45) is 0 Å². The molecule has 3 aromatic rings. The number of benzene rings is 2. The van der Waals surface area contributed by atoms with E-state index in [1.165, 1.54) is 0 Å². The third-order valence-corrected chi connectivity index (χ3v) is 3.72. The maximum Gasteiger partial charge on any atom is 0.323 e. The first-order valence-corrected chi connectivity index (χ1v) is 8.42. The molecule has 0 saturated heterocycles. The number of amides is 2. The van der Waals surface area contributed by atoms with Gasteiger partial charge in [0, 0.05) is 28.0 Å². The highest BCUT2D eigenvalue weighted by Gasteiger charge is 2.05. The normalized spacial score (nSPS) is 10.2. The van der Waals surface area contributed by atoms with E-state index in [4.69, 9.17) is 16.3 Å². The number of aromatic nitrogens is 2. The zero-order chi connectivity index (χ0) is 18.4. The van der Waals surface area contributed by atoms with Gasteiger partial charge in [0.05, 0.1) is 12.3 Å². The maximum absolute atomic E-state index is 12.0. The molecule has 0 aliphatic heterocycles. The highest BCUT2D eigenvalue weighted by Crippen LogP contribution is 2.20. The minimum atomic E-state index is -0.332. The van der Waals surface area contributed by atoms with Crippen molar-refractivity contribution < 1.29 is 9.53 Å². The van der Waals surface area contributed by atoms with E-state index >= 15 is 0 Å². The molecule has 0 aliphatic carbocycles. The molecule has 7 heteroatoms. The zero-order valence-electron chi connectivity index (χ0n) is 14.1. The van der Waals surface area contributed by atoms with Crippen LogP contribution >= 0.6 is 11.6 Å². The summed E-state index contributed by atoms with van der Waals surface area (Å²) in [7, 11) is 0. The van der Waals surface area contributed by atoms with Crippen LogP contribution in [-0.4, -0.2) is 22.8 Å². The lowest BCUT2D eigenvalue weighted by Crippen LogP contribution is -2.19. The summed E-state index contributed by atoms with van der Waals surface area (Å²) in [5.74, 6) is 0.494. The van der Waals surface area contributed by atoms with Crippen LogP contribution in [0.4, 0.5) is 16.2 Å². The number of hydrogen-bond donors (Lipinski definition) is 2. The predicted molar refractivity (Wildman–Crippen MR) is 103 cm³/mol. The highest BCUT2D eigenvalue weighted by atomic mass is 35.5. The first-order chi connectivity index (χ1) is 12.6. The molecule has 1 aromatic heterocycles. The van der Waals surface area contributed by atoms with E-state index < -0.39 is 0 Å². The Labute approximate surface area is 156 Å². The number of nitrogens with zero attached hydrogens (tertiary/aromatic N) is 2. The minimum absolute atomic E-state index is 0.332. The molecule has 0 saturated carbocycles. The van der Waals surface area contributed by atoms with E-state index in [1.807, 2.05) is 25.1 Å². The average Bonchev–Trinajstić information content (AvgIpc) is 2.65. The number of nitrogens with one attached hydrogen (secondary N) is 2. The lowest BCUT2D eigenvalue weighted by Gasteiger charge is -2.08. The third-order valence-electron chi connectivity index (χ3n) is 3.47. The summed E-state index contributed by atoms with van der Waals surface area (Å²) >= 11 is 5.82. The summed E-state index contributed by atoms with van der Waals surface area (Å²) in [6, 6.07) is 17.5. The van der Waals surface area contributed by atoms with Gasteiger partial charge in [-0.15, -0.1) is 10.2 Å². The number of carbonyl (C=O) groups is 1. The molecule has 0 unspecified atom stereocenters. The molecule has 132 valence electrons. The van der Waals surface area contributed by atoms with Gasteiger partial charge in [-0.25, -0.2) is 4.79 Å². The van der Waals surface area contributed by atoms with Crippen LogP contribution in [0, 0.1) is 0 Å². The van der Waals surface area contributed by atoms with Crippen molar-refractivity contribution in [1.82, 2.24) is 10.2 Å². The summed E-state index contributed by atoms with van der Waals surface area (Å²) in [4.78, 5) is 12.0. The molecule has 1 heterocycles. The number of anilines is 2. The topological polar surface area (TPSA) is 76.1 Å². The van der Waals surface area contributed by atoms with Crippen LogP contribution in [0.3, 0.4) is 0 Å². The smallest absolute Gasteiger partial charge is 0.323 e. The van der Waals surface area contributed by atoms with Gasteiger partial charge in [-0.05, 0) is 49.4 Å². The zero-order valence-corrected chi connectivity index (χ0v) is 14.8. The first-order valence-electron chi connectivity index (χ1n) is 8.04. The lowest BCUT2D eigenvalue weighted by molar-refractivity contribution is 0.262. The van der Waals surface area contributed by atoms with Crippen molar-refractivity contribution in [3.63, 3.8) is 0 Å². The summed E-state index contributed by atoms with van der Waals surface area (Å²) in [6.07, 6.45) is 0. The van der Waals surface area contributed by atoms with Gasteiger partial charge in [-0.1, -0.05) is 23.7 Å². The summed E-state index contributed by atoms with van der Waals surface area (Å²) in [5.41, 5.74) is 2.95. The van der Waals surface area contributed by atoms with E-state index in [-0.39, 0.29) is 6.03 Å². The van der Waals surface area contributed by atoms with Crippen molar-refractivity contribution in [1.29, 1.82) is 0 Å². The van der Waals surface area contributed by atoms with Crippen molar-refractivity contribution in [2.75, 3.05) is 17.2 Å². The van der Waals surface area contributed by atoms with Gasteiger partial charge in [0.25, 0.3) is 0 Å². The second-order valence-corrected chi connectivity index (χ2v) is 5.79. The number of rotatable bonds is 5. The molecular weight excluding hydrogens is 352 g/mol. The summed E-state index contributed by atoms with van der Waals surface area (Å²) < 4.78 is 5.28. The summed E-state index contributed by atoms with van der Waals surface area (Å²) in [5, 5.41) is 14.3. The van der Waals surface area contributed by atoms with E-state index in [2.05, 4.69) is 20.8 Å². The molecule has 6 nitrogen and oxygen atoms in total. The molecular formula is C19H17ClN4O2. The summed E-state index contributed by atoms with van der Waals surface area (Å²) in [6.45, 7) is 2.44. The van der Waals surface area contributed by atoms with Crippen LogP contribution < -0.4 is 15.4 Å². The van der Waals surface area contributed by atoms with Gasteiger partial charge in [-0.2, -0.15) is 0 Å². The number of ether oxygens (including phenoxy) is 1. The fraction of sp³-hybridized carbons (Fsp3) is 0.105. The van der Waals surface area contributed by atoms with Gasteiger partial charge in [-0.3, -0.25) is 0 Å². The van der Waals surface area contributed by atoms with Crippen molar-refractivity contribution in [3.05, 3.63) is 65.7 Å². The molecule has 0 aliphatic rings. The molecule has 0 spiro atoms. The standard InChI is InChI=1S/C19H17ClN4O2/c1-2-26-18-12-11-17(23-24-18)13-3-7-15(8-4-13)21-19(25)22-16-9-5-14(20)6-10-16/h3-12H,2H2,1H3,(H2,21,22,25). The highest BCUT2D eigenvalue weighted by molar-refractivity contribution is 6.30. The van der Waals surface area contributed by atoms with Crippen molar-refractivity contribution >= 4 is 29.0 Å². The Morgan fingerprint density at radius 3 is 2.08 bits per heavy atom. The Bertz CT molecular complexity index is 866. The van der Waals surface area contributed by atoms with Gasteiger partial charge in [0.2, 0.25) is 5.88 Å². The number of urea groups is 1. The minimum Gasteiger partial charge on any atom is -0.477 e. The van der Waals surface area contributed by atoms with E-state index in [1.54, 1.807) is 42.5 Å². The van der Waals surface area contributed by atoms with Crippen LogP contribution in [0.2, 0.25) is 5.02 Å².